The van der Waals surface area contributed by atoms with Crippen molar-refractivity contribution in [2.45, 2.75) is 35.9 Å². The Kier molecular flexibility index (Phi) is 6.54. The molecule has 0 aliphatic carbocycles. The quantitative estimate of drug-likeness (QED) is 0.590. The summed E-state index contributed by atoms with van der Waals surface area (Å²) in [5, 5.41) is 3.06. The van der Waals surface area contributed by atoms with Crippen LogP contribution in [0.2, 0.25) is 0 Å². The molecule has 164 valence electrons. The smallest absolute Gasteiger partial charge is 0.252 e. The van der Waals surface area contributed by atoms with Crippen molar-refractivity contribution in [2.75, 3.05) is 13.1 Å². The van der Waals surface area contributed by atoms with E-state index in [9.17, 15) is 13.2 Å². The fourth-order valence-corrected chi connectivity index (χ4v) is 6.82. The number of aromatic nitrogens is 2. The van der Waals surface area contributed by atoms with Crippen molar-refractivity contribution in [1.29, 1.82) is 0 Å². The molecular formula is C22H26N4O3S2. The van der Waals surface area contributed by atoms with Crippen molar-refractivity contribution in [2.24, 2.45) is 7.05 Å². The Hall–Kier alpha value is -2.49. The van der Waals surface area contributed by atoms with Crippen LogP contribution in [-0.4, -0.2) is 41.3 Å². The molecule has 31 heavy (non-hydrogen) atoms. The summed E-state index contributed by atoms with van der Waals surface area (Å²) in [5.41, 5.74) is 0.935. The fourth-order valence-electron chi connectivity index (χ4n) is 3.79. The number of amides is 1. The van der Waals surface area contributed by atoms with Gasteiger partial charge in [-0.2, -0.15) is 4.31 Å². The molecule has 1 saturated heterocycles. The van der Waals surface area contributed by atoms with Gasteiger partial charge in [0.25, 0.3) is 10.0 Å². The van der Waals surface area contributed by atoms with Gasteiger partial charge in [0.2, 0.25) is 5.91 Å². The van der Waals surface area contributed by atoms with Gasteiger partial charge in [0.05, 0.1) is 6.42 Å². The van der Waals surface area contributed by atoms with E-state index in [0.29, 0.717) is 17.3 Å². The molecule has 1 N–H and O–H groups in total. The van der Waals surface area contributed by atoms with Crippen molar-refractivity contribution in [1.82, 2.24) is 19.2 Å². The van der Waals surface area contributed by atoms with Crippen LogP contribution in [-0.2, 0) is 28.3 Å². The Bertz CT molecular complexity index is 1130. The first-order valence-electron chi connectivity index (χ1n) is 10.4. The average molecular weight is 459 g/mol. The number of hydrogen-bond acceptors (Lipinski definition) is 5. The number of nitrogens with zero attached hydrogens (tertiary/aromatic N) is 3. The molecule has 1 unspecified atom stereocenters. The molecule has 7 nitrogen and oxygen atoms in total. The summed E-state index contributed by atoms with van der Waals surface area (Å²) in [7, 11) is -1.59. The zero-order valence-corrected chi connectivity index (χ0v) is 19.0. The molecule has 0 spiro atoms. The lowest BCUT2D eigenvalue weighted by Gasteiger charge is -2.25. The molecule has 0 saturated carbocycles. The number of benzene rings is 1. The third kappa shape index (κ3) is 4.89. The predicted molar refractivity (Wildman–Crippen MR) is 120 cm³/mol. The fraction of sp³-hybridized carbons (Fsp3) is 0.364. The maximum absolute atomic E-state index is 12.9. The molecule has 3 aromatic rings. The van der Waals surface area contributed by atoms with Crippen molar-refractivity contribution >= 4 is 27.3 Å². The van der Waals surface area contributed by atoms with Crippen LogP contribution in [0.4, 0.5) is 0 Å². The summed E-state index contributed by atoms with van der Waals surface area (Å²) >= 11 is 1.17. The molecular weight excluding hydrogens is 432 g/mol. The highest BCUT2D eigenvalue weighted by Crippen LogP contribution is 2.28. The highest BCUT2D eigenvalue weighted by atomic mass is 32.2. The first-order valence-corrected chi connectivity index (χ1v) is 12.6. The van der Waals surface area contributed by atoms with Crippen LogP contribution in [0.5, 0.6) is 0 Å². The normalized spacial score (nSPS) is 16.2. The summed E-state index contributed by atoms with van der Waals surface area (Å²) < 4.78 is 29.5. The Morgan fingerprint density at radius 1 is 1.13 bits per heavy atom. The van der Waals surface area contributed by atoms with Crippen molar-refractivity contribution in [3.05, 3.63) is 71.1 Å². The number of piperidine rings is 1. The second kappa shape index (κ2) is 9.33. The SMILES string of the molecule is Cn1ccnc1C(NC(=O)Cc1ccc(S(=O)(=O)N2CCCCC2)s1)c1ccccc1. The first kappa shape index (κ1) is 21.7. The molecule has 0 radical (unpaired) electrons. The van der Waals surface area contributed by atoms with E-state index >= 15 is 0 Å². The van der Waals surface area contributed by atoms with Crippen molar-refractivity contribution in [3.8, 4) is 0 Å². The third-order valence-electron chi connectivity index (χ3n) is 5.44. The standard InChI is InChI=1S/C22H26N4O3S2/c1-25-15-12-23-22(25)21(17-8-4-2-5-9-17)24-19(27)16-18-10-11-20(30-18)31(28,29)26-13-6-3-7-14-26/h2,4-5,8-12,15,21H,3,6-7,13-14,16H2,1H3,(H,24,27). The lowest BCUT2D eigenvalue weighted by molar-refractivity contribution is -0.120. The van der Waals surface area contributed by atoms with Crippen molar-refractivity contribution < 1.29 is 13.2 Å². The van der Waals surface area contributed by atoms with Gasteiger partial charge >= 0.3 is 0 Å². The monoisotopic (exact) mass is 458 g/mol. The molecule has 1 aromatic carbocycles. The van der Waals surface area contributed by atoms with Gasteiger partial charge in [-0.15, -0.1) is 11.3 Å². The summed E-state index contributed by atoms with van der Waals surface area (Å²) in [6.45, 7) is 1.14. The molecule has 9 heteroatoms. The Balaban J connectivity index is 1.48. The maximum Gasteiger partial charge on any atom is 0.252 e. The second-order valence-electron chi connectivity index (χ2n) is 7.67. The molecule has 2 aromatic heterocycles. The average Bonchev–Trinajstić information content (AvgIpc) is 3.43. The van der Waals surface area contributed by atoms with E-state index in [0.717, 1.165) is 35.5 Å². The molecule has 1 fully saturated rings. The predicted octanol–water partition coefficient (Wildman–Crippen LogP) is 3.10. The lowest BCUT2D eigenvalue weighted by atomic mass is 10.1. The van der Waals surface area contributed by atoms with E-state index in [1.165, 1.54) is 11.3 Å². The number of nitrogens with one attached hydrogen (secondary N) is 1. The Labute approximate surface area is 186 Å². The molecule has 1 aliphatic rings. The van der Waals surface area contributed by atoms with Gasteiger partial charge in [-0.25, -0.2) is 13.4 Å². The van der Waals surface area contributed by atoms with E-state index in [2.05, 4.69) is 10.3 Å². The van der Waals surface area contributed by atoms with Crippen LogP contribution in [0.25, 0.3) is 0 Å². The van der Waals surface area contributed by atoms with Crippen molar-refractivity contribution in [3.63, 3.8) is 0 Å². The minimum absolute atomic E-state index is 0.119. The third-order valence-corrected chi connectivity index (χ3v) is 8.89. The van der Waals surface area contributed by atoms with Gasteiger partial charge in [0.1, 0.15) is 16.1 Å². The summed E-state index contributed by atoms with van der Waals surface area (Å²) in [6, 6.07) is 12.6. The van der Waals surface area contributed by atoms with E-state index in [-0.39, 0.29) is 18.4 Å². The molecule has 3 heterocycles. The largest absolute Gasteiger partial charge is 0.342 e. The van der Waals surface area contributed by atoms with E-state index in [4.69, 9.17) is 0 Å². The Morgan fingerprint density at radius 3 is 2.55 bits per heavy atom. The highest BCUT2D eigenvalue weighted by Gasteiger charge is 2.28. The van der Waals surface area contributed by atoms with E-state index < -0.39 is 10.0 Å². The van der Waals surface area contributed by atoms with Crippen LogP contribution in [0.15, 0.2) is 59.1 Å². The zero-order chi connectivity index (χ0) is 21.8. The van der Waals surface area contributed by atoms with Gasteiger partial charge in [0, 0.05) is 37.4 Å². The second-order valence-corrected chi connectivity index (χ2v) is 11.0. The first-order chi connectivity index (χ1) is 14.9. The number of carbonyl (C=O) groups is 1. The summed E-state index contributed by atoms with van der Waals surface area (Å²) in [4.78, 5) is 18.0. The number of thiophene rings is 1. The van der Waals surface area contributed by atoms with Crippen LogP contribution in [0.1, 0.15) is 41.6 Å². The minimum atomic E-state index is -3.48. The number of imidazole rings is 1. The van der Waals surface area contributed by atoms with Crippen LogP contribution in [0.3, 0.4) is 0 Å². The van der Waals surface area contributed by atoms with Gasteiger partial charge in [-0.1, -0.05) is 36.8 Å². The molecule has 0 bridgehead atoms. The lowest BCUT2D eigenvalue weighted by Crippen LogP contribution is -2.35. The van der Waals surface area contributed by atoms with Gasteiger partial charge in [-0.05, 0) is 30.5 Å². The van der Waals surface area contributed by atoms with Crippen LogP contribution >= 0.6 is 11.3 Å². The Morgan fingerprint density at radius 2 is 1.87 bits per heavy atom. The van der Waals surface area contributed by atoms with Gasteiger partial charge in [0.15, 0.2) is 0 Å². The number of carbonyl (C=O) groups excluding carboxylic acids is 1. The highest BCUT2D eigenvalue weighted by molar-refractivity contribution is 7.91. The number of aryl methyl sites for hydroxylation is 1. The molecule has 1 amide bonds. The molecule has 1 atom stereocenters. The topological polar surface area (TPSA) is 84.3 Å². The van der Waals surface area contributed by atoms with Crippen LogP contribution < -0.4 is 5.32 Å². The summed E-state index contributed by atoms with van der Waals surface area (Å²) in [5.74, 6) is 0.555. The van der Waals surface area contributed by atoms with Gasteiger partial charge in [-0.3, -0.25) is 4.79 Å². The minimum Gasteiger partial charge on any atom is -0.342 e. The van der Waals surface area contributed by atoms with E-state index in [1.54, 1.807) is 22.6 Å². The zero-order valence-electron chi connectivity index (χ0n) is 17.4. The summed E-state index contributed by atoms with van der Waals surface area (Å²) in [6.07, 6.45) is 6.53. The molecule has 4 rings (SSSR count). The molecule has 1 aliphatic heterocycles. The number of rotatable bonds is 7. The maximum atomic E-state index is 12.9. The van der Waals surface area contributed by atoms with E-state index in [1.807, 2.05) is 48.1 Å². The number of sulfonamides is 1. The number of hydrogen-bond donors (Lipinski definition) is 1. The van der Waals surface area contributed by atoms with Crippen LogP contribution in [0, 0.1) is 0 Å². The van der Waals surface area contributed by atoms with Gasteiger partial charge < -0.3 is 9.88 Å².